The number of nitrogens with one attached hydrogen (secondary N) is 1. The van der Waals surface area contributed by atoms with Crippen molar-refractivity contribution < 1.29 is 4.74 Å². The largest absolute Gasteiger partial charge is 0.481 e. The Labute approximate surface area is 113 Å². The second-order valence-corrected chi connectivity index (χ2v) is 3.98. The molecule has 0 aliphatic carbocycles. The van der Waals surface area contributed by atoms with Crippen LogP contribution >= 0.6 is 0 Å². The van der Waals surface area contributed by atoms with Gasteiger partial charge >= 0.3 is 0 Å². The van der Waals surface area contributed by atoms with Gasteiger partial charge in [0, 0.05) is 24.4 Å². The Morgan fingerprint density at radius 1 is 1.21 bits per heavy atom. The highest BCUT2D eigenvalue weighted by Crippen LogP contribution is 2.07. The first-order chi connectivity index (χ1) is 9.38. The Morgan fingerprint density at radius 3 is 2.84 bits per heavy atom. The fourth-order valence-electron chi connectivity index (χ4n) is 1.61. The van der Waals surface area contributed by atoms with E-state index < -0.39 is 0 Å². The van der Waals surface area contributed by atoms with Crippen molar-refractivity contribution in [2.45, 2.75) is 6.54 Å². The van der Waals surface area contributed by atoms with Crippen LogP contribution in [-0.4, -0.2) is 18.6 Å². The molecule has 0 bridgehead atoms. The van der Waals surface area contributed by atoms with Gasteiger partial charge in [-0.15, -0.1) is 0 Å². The highest BCUT2D eigenvalue weighted by molar-refractivity contribution is 5.33. The molecule has 1 aromatic heterocycles. The maximum atomic E-state index is 5.07. The van der Waals surface area contributed by atoms with E-state index in [2.05, 4.69) is 22.1 Å². The molecule has 1 N–H and O–H groups in total. The Hall–Kier alpha value is -2.31. The van der Waals surface area contributed by atoms with E-state index in [1.165, 1.54) is 0 Å². The van der Waals surface area contributed by atoms with Crippen molar-refractivity contribution in [3.05, 3.63) is 59.8 Å². The maximum Gasteiger partial charge on any atom is 0.213 e. The topological polar surface area (TPSA) is 34.1 Å². The number of pyridine rings is 1. The molecule has 19 heavy (non-hydrogen) atoms. The highest BCUT2D eigenvalue weighted by atomic mass is 16.5. The first-order valence-electron chi connectivity index (χ1n) is 6.12. The minimum Gasteiger partial charge on any atom is -0.481 e. The van der Waals surface area contributed by atoms with Crippen molar-refractivity contribution in [3.8, 4) is 17.7 Å². The second kappa shape index (κ2) is 7.20. The van der Waals surface area contributed by atoms with E-state index in [9.17, 15) is 0 Å². The Balaban J connectivity index is 1.79. The summed E-state index contributed by atoms with van der Waals surface area (Å²) in [6.45, 7) is 1.40. The first-order valence-corrected chi connectivity index (χ1v) is 6.12. The predicted molar refractivity (Wildman–Crippen MR) is 75.8 cm³/mol. The van der Waals surface area contributed by atoms with Crippen LogP contribution in [0, 0.1) is 11.8 Å². The fourth-order valence-corrected chi connectivity index (χ4v) is 1.61. The molecule has 96 valence electrons. The minimum absolute atomic E-state index is 0.634. The van der Waals surface area contributed by atoms with Crippen LogP contribution in [0.3, 0.4) is 0 Å². The molecule has 0 unspecified atom stereocenters. The van der Waals surface area contributed by atoms with Crippen LogP contribution in [0.5, 0.6) is 5.88 Å². The molecular weight excluding hydrogens is 236 g/mol. The third-order valence-electron chi connectivity index (χ3n) is 2.56. The van der Waals surface area contributed by atoms with Crippen LogP contribution in [-0.2, 0) is 6.54 Å². The van der Waals surface area contributed by atoms with Gasteiger partial charge < -0.3 is 10.1 Å². The summed E-state index contributed by atoms with van der Waals surface area (Å²) in [5, 5.41) is 3.27. The normalized spacial score (nSPS) is 9.53. The van der Waals surface area contributed by atoms with Gasteiger partial charge in [0.25, 0.3) is 0 Å². The third-order valence-corrected chi connectivity index (χ3v) is 2.56. The molecule has 1 aromatic carbocycles. The van der Waals surface area contributed by atoms with Gasteiger partial charge in [0.1, 0.15) is 0 Å². The summed E-state index contributed by atoms with van der Waals surface area (Å²) in [5.74, 6) is 6.83. The summed E-state index contributed by atoms with van der Waals surface area (Å²) in [7, 11) is 1.62. The van der Waals surface area contributed by atoms with Crippen LogP contribution in [0.15, 0.2) is 48.7 Å². The zero-order valence-corrected chi connectivity index (χ0v) is 10.9. The number of methoxy groups -OCH3 is 1. The van der Waals surface area contributed by atoms with E-state index in [0.717, 1.165) is 17.7 Å². The summed E-state index contributed by atoms with van der Waals surface area (Å²) in [5.41, 5.74) is 2.17. The zero-order chi connectivity index (χ0) is 13.3. The first kappa shape index (κ1) is 13.1. The van der Waals surface area contributed by atoms with E-state index in [1.807, 2.05) is 42.5 Å². The SMILES string of the molecule is COc1cc(CNCC#Cc2ccccc2)ccn1. The Morgan fingerprint density at radius 2 is 2.05 bits per heavy atom. The number of aromatic nitrogens is 1. The molecule has 3 nitrogen and oxygen atoms in total. The van der Waals surface area contributed by atoms with Gasteiger partial charge in [-0.2, -0.15) is 0 Å². The molecule has 0 aliphatic heterocycles. The summed E-state index contributed by atoms with van der Waals surface area (Å²) in [4.78, 5) is 4.06. The van der Waals surface area contributed by atoms with Crippen molar-refractivity contribution in [3.63, 3.8) is 0 Å². The molecule has 0 aliphatic rings. The average Bonchev–Trinajstić information content (AvgIpc) is 2.48. The molecule has 0 atom stereocenters. The van der Waals surface area contributed by atoms with E-state index in [4.69, 9.17) is 4.74 Å². The molecule has 3 heteroatoms. The lowest BCUT2D eigenvalue weighted by atomic mass is 10.2. The number of hydrogen-bond donors (Lipinski definition) is 1. The van der Waals surface area contributed by atoms with Crippen molar-refractivity contribution in [1.82, 2.24) is 10.3 Å². The van der Waals surface area contributed by atoms with Gasteiger partial charge in [-0.3, -0.25) is 0 Å². The molecule has 2 aromatic rings. The van der Waals surface area contributed by atoms with Gasteiger partial charge in [0.15, 0.2) is 0 Å². The standard InChI is InChI=1S/C16H16N2O/c1-19-16-12-15(9-11-18-16)13-17-10-5-8-14-6-3-2-4-7-14/h2-4,6-7,9,11-12,17H,10,13H2,1H3. The van der Waals surface area contributed by atoms with Crippen molar-refractivity contribution in [2.24, 2.45) is 0 Å². The van der Waals surface area contributed by atoms with Gasteiger partial charge in [-0.25, -0.2) is 4.98 Å². The van der Waals surface area contributed by atoms with Gasteiger partial charge in [0.2, 0.25) is 5.88 Å². The van der Waals surface area contributed by atoms with E-state index >= 15 is 0 Å². The molecular formula is C16H16N2O. The van der Waals surface area contributed by atoms with Crippen LogP contribution in [0.25, 0.3) is 0 Å². The van der Waals surface area contributed by atoms with Crippen molar-refractivity contribution in [2.75, 3.05) is 13.7 Å². The van der Waals surface area contributed by atoms with E-state index in [1.54, 1.807) is 13.3 Å². The number of ether oxygens (including phenoxy) is 1. The maximum absolute atomic E-state index is 5.07. The second-order valence-electron chi connectivity index (χ2n) is 3.98. The van der Waals surface area contributed by atoms with Gasteiger partial charge in [-0.05, 0) is 23.8 Å². The number of nitrogens with zero attached hydrogens (tertiary/aromatic N) is 1. The molecule has 0 saturated carbocycles. The fraction of sp³-hybridized carbons (Fsp3) is 0.188. The summed E-state index contributed by atoms with van der Waals surface area (Å²) in [6, 6.07) is 13.8. The van der Waals surface area contributed by atoms with Gasteiger partial charge in [0.05, 0.1) is 13.7 Å². The Bertz CT molecular complexity index is 570. The molecule has 2 rings (SSSR count). The molecule has 1 heterocycles. The quantitative estimate of drug-likeness (QED) is 0.669. The van der Waals surface area contributed by atoms with Crippen molar-refractivity contribution in [1.29, 1.82) is 0 Å². The molecule has 0 fully saturated rings. The highest BCUT2D eigenvalue weighted by Gasteiger charge is 1.95. The minimum atomic E-state index is 0.634. The average molecular weight is 252 g/mol. The van der Waals surface area contributed by atoms with Crippen LogP contribution in [0.2, 0.25) is 0 Å². The van der Waals surface area contributed by atoms with Crippen LogP contribution < -0.4 is 10.1 Å². The lowest BCUT2D eigenvalue weighted by molar-refractivity contribution is 0.397. The monoisotopic (exact) mass is 252 g/mol. The van der Waals surface area contributed by atoms with Gasteiger partial charge in [-0.1, -0.05) is 30.0 Å². The van der Waals surface area contributed by atoms with E-state index in [-0.39, 0.29) is 0 Å². The summed E-state index contributed by atoms with van der Waals surface area (Å²) in [6.07, 6.45) is 1.74. The van der Waals surface area contributed by atoms with Crippen molar-refractivity contribution >= 4 is 0 Å². The van der Waals surface area contributed by atoms with Crippen LogP contribution in [0.4, 0.5) is 0 Å². The summed E-state index contributed by atoms with van der Waals surface area (Å²) < 4.78 is 5.07. The lowest BCUT2D eigenvalue weighted by Gasteiger charge is -2.03. The Kier molecular flexibility index (Phi) is 4.97. The van der Waals surface area contributed by atoms with E-state index in [0.29, 0.717) is 12.4 Å². The number of benzene rings is 1. The predicted octanol–water partition coefficient (Wildman–Crippen LogP) is 2.23. The number of hydrogen-bond acceptors (Lipinski definition) is 3. The molecule has 0 spiro atoms. The zero-order valence-electron chi connectivity index (χ0n) is 10.9. The third kappa shape index (κ3) is 4.46. The van der Waals surface area contributed by atoms with Crippen LogP contribution in [0.1, 0.15) is 11.1 Å². The molecule has 0 saturated heterocycles. The number of rotatable bonds is 4. The lowest BCUT2D eigenvalue weighted by Crippen LogP contribution is -2.13. The molecule has 0 radical (unpaired) electrons. The molecule has 0 amide bonds. The smallest absolute Gasteiger partial charge is 0.213 e. The summed E-state index contributed by atoms with van der Waals surface area (Å²) >= 11 is 0.